The molecule has 0 spiro atoms. The van der Waals surface area contributed by atoms with Gasteiger partial charge in [-0.15, -0.1) is 0 Å². The average Bonchev–Trinajstić information content (AvgIpc) is 2.33. The minimum absolute atomic E-state index is 0.170. The van der Waals surface area contributed by atoms with Gasteiger partial charge in [-0.05, 0) is 24.9 Å². The summed E-state index contributed by atoms with van der Waals surface area (Å²) in [5.74, 6) is 0.683. The number of nitrogens with zero attached hydrogens (tertiary/aromatic N) is 1. The summed E-state index contributed by atoms with van der Waals surface area (Å²) >= 11 is 1.65. The van der Waals surface area contributed by atoms with Gasteiger partial charge in [0.25, 0.3) is 0 Å². The minimum atomic E-state index is -3.15. The van der Waals surface area contributed by atoms with Crippen molar-refractivity contribution in [1.82, 2.24) is 9.62 Å². The van der Waals surface area contributed by atoms with Gasteiger partial charge in [0.05, 0.1) is 12.3 Å². The van der Waals surface area contributed by atoms with Crippen molar-refractivity contribution in [2.45, 2.75) is 25.8 Å². The lowest BCUT2D eigenvalue weighted by atomic mass is 10.2. The summed E-state index contributed by atoms with van der Waals surface area (Å²) in [4.78, 5) is 11.6. The molecule has 0 rings (SSSR count). The zero-order valence-electron chi connectivity index (χ0n) is 11.9. The molecule has 0 heterocycles. The highest BCUT2D eigenvalue weighted by Gasteiger charge is 2.15. The fourth-order valence-electron chi connectivity index (χ4n) is 1.53. The van der Waals surface area contributed by atoms with Gasteiger partial charge in [0.15, 0.2) is 0 Å². The van der Waals surface area contributed by atoms with E-state index in [1.165, 1.54) is 10.6 Å². The van der Waals surface area contributed by atoms with Gasteiger partial charge in [0.1, 0.15) is 0 Å². The molecule has 0 aromatic rings. The number of amides is 1. The molecule has 0 unspecified atom stereocenters. The van der Waals surface area contributed by atoms with Crippen molar-refractivity contribution in [2.75, 3.05) is 37.9 Å². The fourth-order valence-corrected chi connectivity index (χ4v) is 2.95. The molecule has 8 heteroatoms. The van der Waals surface area contributed by atoms with Crippen LogP contribution in [0.15, 0.2) is 0 Å². The van der Waals surface area contributed by atoms with Crippen molar-refractivity contribution in [1.29, 1.82) is 0 Å². The van der Waals surface area contributed by atoms with Crippen molar-refractivity contribution in [3.8, 4) is 0 Å². The number of nitrogens with two attached hydrogens (primary N) is 1. The van der Waals surface area contributed by atoms with E-state index in [0.717, 1.165) is 5.75 Å². The molecule has 0 saturated heterocycles. The zero-order valence-corrected chi connectivity index (χ0v) is 13.5. The number of hydrogen-bond acceptors (Lipinski definition) is 5. The molecular weight excluding hydrogens is 286 g/mol. The summed E-state index contributed by atoms with van der Waals surface area (Å²) in [6.45, 7) is 3.09. The third-order valence-electron chi connectivity index (χ3n) is 2.67. The first-order valence-electron chi connectivity index (χ1n) is 6.30. The van der Waals surface area contributed by atoms with E-state index in [1.807, 2.05) is 6.26 Å². The summed E-state index contributed by atoms with van der Waals surface area (Å²) < 4.78 is 24.0. The Balaban J connectivity index is 3.88. The molecule has 3 N–H and O–H groups in total. The smallest absolute Gasteiger partial charge is 0.236 e. The molecule has 0 aromatic heterocycles. The third kappa shape index (κ3) is 8.46. The van der Waals surface area contributed by atoms with Gasteiger partial charge in [-0.25, -0.2) is 12.7 Å². The molecule has 0 aromatic carbocycles. The second-order valence-corrected chi connectivity index (χ2v) is 7.26. The van der Waals surface area contributed by atoms with Gasteiger partial charge >= 0.3 is 0 Å². The van der Waals surface area contributed by atoms with Crippen LogP contribution in [0, 0.1) is 0 Å². The molecule has 0 aliphatic heterocycles. The summed E-state index contributed by atoms with van der Waals surface area (Å²) in [7, 11) is -3.15. The monoisotopic (exact) mass is 311 g/mol. The number of carbonyl (C=O) groups excluding carboxylic acids is 1. The highest BCUT2D eigenvalue weighted by atomic mass is 32.2. The largest absolute Gasteiger partial charge is 0.355 e. The molecule has 1 amide bonds. The molecule has 1 atom stereocenters. The molecule has 0 fully saturated rings. The quantitative estimate of drug-likeness (QED) is 0.548. The van der Waals surface area contributed by atoms with Gasteiger partial charge < -0.3 is 11.1 Å². The summed E-state index contributed by atoms with van der Waals surface area (Å²) in [6, 6.07) is -0.482. The molecule has 0 saturated carbocycles. The number of carbonyl (C=O) groups is 1. The molecule has 6 nitrogen and oxygen atoms in total. The van der Waals surface area contributed by atoms with Crippen molar-refractivity contribution >= 4 is 27.7 Å². The normalized spacial score (nSPS) is 13.5. The van der Waals surface area contributed by atoms with Crippen LogP contribution in [0.2, 0.25) is 0 Å². The van der Waals surface area contributed by atoms with Gasteiger partial charge in [0, 0.05) is 19.6 Å². The predicted molar refractivity (Wildman–Crippen MR) is 80.7 cm³/mol. The molecule has 19 heavy (non-hydrogen) atoms. The van der Waals surface area contributed by atoms with Gasteiger partial charge in [-0.1, -0.05) is 6.92 Å². The van der Waals surface area contributed by atoms with E-state index < -0.39 is 16.1 Å². The molecule has 0 radical (unpaired) electrons. The third-order valence-corrected chi connectivity index (χ3v) is 4.70. The first-order valence-corrected chi connectivity index (χ1v) is 9.54. The van der Waals surface area contributed by atoms with E-state index in [4.69, 9.17) is 5.73 Å². The predicted octanol–water partition coefficient (Wildman–Crippen LogP) is -0.145. The first kappa shape index (κ1) is 18.7. The summed E-state index contributed by atoms with van der Waals surface area (Å²) in [5, 5.41) is 2.73. The number of nitrogens with one attached hydrogen (secondary N) is 1. The lowest BCUT2D eigenvalue weighted by Gasteiger charge is -2.18. The van der Waals surface area contributed by atoms with Crippen molar-refractivity contribution < 1.29 is 13.2 Å². The molecule has 0 aliphatic carbocycles. The van der Waals surface area contributed by atoms with Crippen LogP contribution in [0.3, 0.4) is 0 Å². The van der Waals surface area contributed by atoms with Crippen LogP contribution in [0.4, 0.5) is 0 Å². The Morgan fingerprint density at radius 3 is 2.58 bits per heavy atom. The van der Waals surface area contributed by atoms with Crippen LogP contribution in [-0.2, 0) is 14.8 Å². The summed E-state index contributed by atoms with van der Waals surface area (Å²) in [5.41, 5.74) is 5.71. The van der Waals surface area contributed by atoms with Gasteiger partial charge in [-0.3, -0.25) is 4.79 Å². The highest BCUT2D eigenvalue weighted by molar-refractivity contribution is 7.98. The number of sulfonamides is 1. The van der Waals surface area contributed by atoms with E-state index in [1.54, 1.807) is 18.7 Å². The Labute approximate surface area is 120 Å². The maximum Gasteiger partial charge on any atom is 0.236 e. The van der Waals surface area contributed by atoms with Crippen LogP contribution in [0.5, 0.6) is 0 Å². The van der Waals surface area contributed by atoms with Crippen molar-refractivity contribution in [3.05, 3.63) is 0 Å². The maximum atomic E-state index is 11.6. The summed E-state index contributed by atoms with van der Waals surface area (Å²) in [6.07, 6.45) is 4.39. The number of hydrogen-bond donors (Lipinski definition) is 2. The fraction of sp³-hybridized carbons (Fsp3) is 0.909. The Morgan fingerprint density at radius 2 is 2.11 bits per heavy atom. The Hall–Kier alpha value is -0.310. The Morgan fingerprint density at radius 1 is 1.47 bits per heavy atom. The minimum Gasteiger partial charge on any atom is -0.355 e. The van der Waals surface area contributed by atoms with Crippen LogP contribution in [0.1, 0.15) is 19.8 Å². The second-order valence-electron chi connectivity index (χ2n) is 4.29. The molecular formula is C11H25N3O3S2. The first-order chi connectivity index (χ1) is 8.82. The van der Waals surface area contributed by atoms with E-state index in [2.05, 4.69) is 5.32 Å². The Bertz CT molecular complexity index is 360. The number of thioether (sulfide) groups is 1. The van der Waals surface area contributed by atoms with E-state index in [-0.39, 0.29) is 5.91 Å². The van der Waals surface area contributed by atoms with Gasteiger partial charge in [0.2, 0.25) is 15.9 Å². The van der Waals surface area contributed by atoms with E-state index in [0.29, 0.717) is 32.5 Å². The number of rotatable bonds is 10. The molecule has 0 bridgehead atoms. The maximum absolute atomic E-state index is 11.6. The lowest BCUT2D eigenvalue weighted by Crippen LogP contribution is -2.42. The standard InChI is InChI=1S/C11H25N3O3S2/c1-4-14(19(3,16)17)8-5-7-13-11(15)10(12)6-9-18-2/h10H,4-9,12H2,1-3H3,(H,13,15)/t10-/m1/s1. The van der Waals surface area contributed by atoms with Crippen LogP contribution < -0.4 is 11.1 Å². The van der Waals surface area contributed by atoms with Crippen molar-refractivity contribution in [2.24, 2.45) is 5.73 Å². The van der Waals surface area contributed by atoms with Gasteiger partial charge in [-0.2, -0.15) is 11.8 Å². The van der Waals surface area contributed by atoms with Crippen LogP contribution in [-0.4, -0.2) is 62.6 Å². The Kier molecular flexibility index (Phi) is 9.42. The zero-order chi connectivity index (χ0) is 14.9. The molecule has 114 valence electrons. The van der Waals surface area contributed by atoms with E-state index in [9.17, 15) is 13.2 Å². The van der Waals surface area contributed by atoms with Crippen LogP contribution >= 0.6 is 11.8 Å². The van der Waals surface area contributed by atoms with E-state index >= 15 is 0 Å². The second kappa shape index (κ2) is 9.57. The average molecular weight is 311 g/mol. The molecule has 0 aliphatic rings. The topological polar surface area (TPSA) is 92.5 Å². The lowest BCUT2D eigenvalue weighted by molar-refractivity contribution is -0.122. The SMILES string of the molecule is CCN(CCCNC(=O)[C@H](N)CCSC)S(C)(=O)=O. The highest BCUT2D eigenvalue weighted by Crippen LogP contribution is 2.00. The van der Waals surface area contributed by atoms with Crippen molar-refractivity contribution in [3.63, 3.8) is 0 Å². The van der Waals surface area contributed by atoms with Crippen LogP contribution in [0.25, 0.3) is 0 Å².